The third-order valence-electron chi connectivity index (χ3n) is 6.06. The third kappa shape index (κ3) is 6.02. The predicted molar refractivity (Wildman–Crippen MR) is 141 cm³/mol. The molecule has 34 heavy (non-hydrogen) atoms. The summed E-state index contributed by atoms with van der Waals surface area (Å²) in [5.74, 6) is 2.90. The fraction of sp³-hybridized carbons (Fsp3) is 0.400. The van der Waals surface area contributed by atoms with E-state index in [0.717, 1.165) is 54.6 Å². The van der Waals surface area contributed by atoms with Crippen molar-refractivity contribution in [1.82, 2.24) is 20.3 Å². The molecule has 2 heterocycles. The van der Waals surface area contributed by atoms with E-state index in [-0.39, 0.29) is 0 Å². The molecular weight excluding hydrogens is 446 g/mol. The molecular formula is C25H31N7OS. The number of nitrogens with one attached hydrogen (secondary N) is 2. The summed E-state index contributed by atoms with van der Waals surface area (Å²) in [7, 11) is 4.02. The van der Waals surface area contributed by atoms with Gasteiger partial charge in [-0.2, -0.15) is 4.98 Å². The van der Waals surface area contributed by atoms with Gasteiger partial charge >= 0.3 is 0 Å². The Morgan fingerprint density at radius 1 is 1.15 bits per heavy atom. The molecule has 0 spiro atoms. The van der Waals surface area contributed by atoms with Gasteiger partial charge in [0.05, 0.1) is 5.52 Å². The first-order valence-corrected chi connectivity index (χ1v) is 12.6. The van der Waals surface area contributed by atoms with E-state index in [1.807, 2.05) is 37.2 Å². The van der Waals surface area contributed by atoms with Gasteiger partial charge in [0.1, 0.15) is 16.5 Å². The Labute approximate surface area is 204 Å². The number of anilines is 2. The lowest BCUT2D eigenvalue weighted by atomic mass is 9.86. The first kappa shape index (κ1) is 23.9. The molecule has 0 radical (unpaired) electrons. The minimum Gasteiger partial charge on any atom is -0.388 e. The molecule has 4 rings (SSSR count). The molecule has 1 aliphatic carbocycles. The minimum absolute atomic E-state index is 0.374. The number of rotatable bonds is 10. The summed E-state index contributed by atoms with van der Waals surface area (Å²) >= 11 is 1.48. The highest BCUT2D eigenvalue weighted by Gasteiger charge is 2.22. The van der Waals surface area contributed by atoms with E-state index in [2.05, 4.69) is 33.4 Å². The van der Waals surface area contributed by atoms with Crippen molar-refractivity contribution in [3.05, 3.63) is 59.8 Å². The van der Waals surface area contributed by atoms with Crippen LogP contribution in [0.4, 0.5) is 17.5 Å². The maximum absolute atomic E-state index is 10.9. The third-order valence-corrected chi connectivity index (χ3v) is 7.14. The standard InChI is InChI=1S/C25H31N7OS/c1-17(16-34-24-22(31-33)9-6-14-26-24)27-15-18-10-12-19(13-11-18)28-25-29-21-8-5-4-7-20(21)23(30-25)32(2)3/h4-9,14,18-19,27H,1,10-13,15-16H2,2-3H3,(H,28,29,30)/t18-,19+. The first-order chi connectivity index (χ1) is 16.5. The molecule has 1 fully saturated rings. The molecule has 9 heteroatoms. The van der Waals surface area contributed by atoms with Crippen molar-refractivity contribution in [2.24, 2.45) is 11.1 Å². The van der Waals surface area contributed by atoms with Crippen LogP contribution < -0.4 is 15.5 Å². The van der Waals surface area contributed by atoms with Crippen molar-refractivity contribution in [2.75, 3.05) is 36.6 Å². The van der Waals surface area contributed by atoms with Crippen LogP contribution in [0, 0.1) is 10.8 Å². The topological polar surface area (TPSA) is 95.4 Å². The van der Waals surface area contributed by atoms with Crippen LogP contribution >= 0.6 is 11.8 Å². The molecule has 1 aliphatic rings. The maximum Gasteiger partial charge on any atom is 0.225 e. The monoisotopic (exact) mass is 477 g/mol. The molecule has 0 bridgehead atoms. The molecule has 2 N–H and O–H groups in total. The van der Waals surface area contributed by atoms with E-state index >= 15 is 0 Å². The Kier molecular flexibility index (Phi) is 7.95. The number of nitrogens with zero attached hydrogens (tertiary/aromatic N) is 5. The normalized spacial score (nSPS) is 17.8. The van der Waals surface area contributed by atoms with Crippen molar-refractivity contribution in [2.45, 2.75) is 36.8 Å². The van der Waals surface area contributed by atoms with Gasteiger partial charge < -0.3 is 15.5 Å². The van der Waals surface area contributed by atoms with Crippen LogP contribution in [0.3, 0.4) is 0 Å². The Balaban J connectivity index is 1.24. The van der Waals surface area contributed by atoms with Crippen molar-refractivity contribution in [3.63, 3.8) is 0 Å². The Morgan fingerprint density at radius 2 is 1.94 bits per heavy atom. The van der Waals surface area contributed by atoms with Crippen molar-refractivity contribution in [1.29, 1.82) is 0 Å². The summed E-state index contributed by atoms with van der Waals surface area (Å²) in [5.41, 5.74) is 2.27. The minimum atomic E-state index is 0.374. The zero-order valence-corrected chi connectivity index (χ0v) is 20.5. The second-order valence-corrected chi connectivity index (χ2v) is 9.80. The van der Waals surface area contributed by atoms with Crippen LogP contribution in [0.1, 0.15) is 25.7 Å². The van der Waals surface area contributed by atoms with Crippen LogP contribution in [-0.2, 0) is 0 Å². The average Bonchev–Trinajstić information content (AvgIpc) is 2.86. The summed E-state index contributed by atoms with van der Waals surface area (Å²) in [6, 6.07) is 11.9. The summed E-state index contributed by atoms with van der Waals surface area (Å²) in [4.78, 5) is 26.7. The fourth-order valence-corrected chi connectivity index (χ4v) is 5.02. The van der Waals surface area contributed by atoms with Crippen molar-refractivity contribution in [3.8, 4) is 0 Å². The second kappa shape index (κ2) is 11.3. The highest BCUT2D eigenvalue weighted by molar-refractivity contribution is 7.99. The van der Waals surface area contributed by atoms with Gasteiger partial charge in [-0.05, 0) is 61.0 Å². The second-order valence-electron chi connectivity index (χ2n) is 8.84. The van der Waals surface area contributed by atoms with Crippen molar-refractivity contribution >= 4 is 40.1 Å². The van der Waals surface area contributed by atoms with Crippen LogP contribution in [0.25, 0.3) is 10.9 Å². The Bertz CT molecular complexity index is 1150. The molecule has 0 unspecified atom stereocenters. The van der Waals surface area contributed by atoms with Crippen LogP contribution in [0.15, 0.2) is 65.1 Å². The predicted octanol–water partition coefficient (Wildman–Crippen LogP) is 5.36. The number of pyridine rings is 1. The Hall–Kier alpha value is -3.20. The van der Waals surface area contributed by atoms with E-state index in [0.29, 0.717) is 34.4 Å². The first-order valence-electron chi connectivity index (χ1n) is 11.6. The highest BCUT2D eigenvalue weighted by atomic mass is 32.2. The molecule has 3 aromatic rings. The van der Waals surface area contributed by atoms with Gasteiger partial charge in [-0.25, -0.2) is 9.97 Å². The zero-order valence-electron chi connectivity index (χ0n) is 19.7. The summed E-state index contributed by atoms with van der Waals surface area (Å²) in [5, 5.41) is 11.8. The van der Waals surface area contributed by atoms with Crippen LogP contribution in [-0.4, -0.2) is 47.4 Å². The lowest BCUT2D eigenvalue weighted by Crippen LogP contribution is -2.31. The molecule has 0 atom stereocenters. The van der Waals surface area contributed by atoms with Gasteiger partial charge in [0.25, 0.3) is 0 Å². The number of nitroso groups, excluding NO2 is 1. The molecule has 0 amide bonds. The summed E-state index contributed by atoms with van der Waals surface area (Å²) in [6.45, 7) is 5.03. The van der Waals surface area contributed by atoms with Crippen LogP contribution in [0.5, 0.6) is 0 Å². The highest BCUT2D eigenvalue weighted by Crippen LogP contribution is 2.29. The maximum atomic E-state index is 10.9. The van der Waals surface area contributed by atoms with Gasteiger partial charge in [-0.1, -0.05) is 30.5 Å². The largest absolute Gasteiger partial charge is 0.388 e. The SMILES string of the molecule is C=C(CSc1ncccc1N=O)NC[C@H]1CC[C@@H](Nc2nc(N(C)C)c3ccccc3n2)CC1. The number of fused-ring (bicyclic) bond motifs is 1. The molecule has 2 aromatic heterocycles. The van der Waals surface area contributed by atoms with E-state index < -0.39 is 0 Å². The lowest BCUT2D eigenvalue weighted by molar-refractivity contribution is 0.331. The molecule has 0 aliphatic heterocycles. The summed E-state index contributed by atoms with van der Waals surface area (Å²) < 4.78 is 0. The smallest absolute Gasteiger partial charge is 0.225 e. The summed E-state index contributed by atoms with van der Waals surface area (Å²) in [6.07, 6.45) is 6.12. The van der Waals surface area contributed by atoms with Gasteiger partial charge in [-0.15, -0.1) is 4.91 Å². The van der Waals surface area contributed by atoms with Gasteiger partial charge in [0.2, 0.25) is 5.95 Å². The number of para-hydroxylation sites is 1. The molecule has 0 saturated heterocycles. The van der Waals surface area contributed by atoms with E-state index in [4.69, 9.17) is 9.97 Å². The molecule has 8 nitrogen and oxygen atoms in total. The fourth-order valence-electron chi connectivity index (χ4n) is 4.22. The molecule has 1 saturated carbocycles. The van der Waals surface area contributed by atoms with E-state index in [1.165, 1.54) is 11.8 Å². The molecule has 178 valence electrons. The van der Waals surface area contributed by atoms with Gasteiger partial charge in [0, 0.05) is 49.7 Å². The van der Waals surface area contributed by atoms with E-state index in [9.17, 15) is 4.91 Å². The number of hydrogen-bond acceptors (Lipinski definition) is 9. The number of aromatic nitrogens is 3. The van der Waals surface area contributed by atoms with Gasteiger partial charge in [0.15, 0.2) is 0 Å². The number of hydrogen-bond donors (Lipinski definition) is 2. The quantitative estimate of drug-likeness (QED) is 0.298. The lowest BCUT2D eigenvalue weighted by Gasteiger charge is -2.30. The van der Waals surface area contributed by atoms with Crippen molar-refractivity contribution < 1.29 is 0 Å². The average molecular weight is 478 g/mol. The number of thioether (sulfide) groups is 1. The van der Waals surface area contributed by atoms with Crippen LogP contribution in [0.2, 0.25) is 0 Å². The Morgan fingerprint density at radius 3 is 2.71 bits per heavy atom. The number of benzene rings is 1. The van der Waals surface area contributed by atoms with Gasteiger partial charge in [-0.3, -0.25) is 0 Å². The molecule has 1 aromatic carbocycles. The van der Waals surface area contributed by atoms with E-state index in [1.54, 1.807) is 18.3 Å². The zero-order chi connectivity index (χ0) is 23.9.